The average molecular weight is 447 g/mol. The van der Waals surface area contributed by atoms with Crippen LogP contribution < -0.4 is 0 Å². The van der Waals surface area contributed by atoms with Crippen LogP contribution in [-0.4, -0.2) is 58.1 Å². The smallest absolute Gasteiger partial charge is 0.295 e. The molecule has 1 amide bonds. The van der Waals surface area contributed by atoms with Gasteiger partial charge in [0.1, 0.15) is 5.76 Å². The number of nitro benzene ring substituents is 1. The fourth-order valence-corrected chi connectivity index (χ4v) is 3.48. The van der Waals surface area contributed by atoms with Crippen molar-refractivity contribution in [3.63, 3.8) is 0 Å². The van der Waals surface area contributed by atoms with E-state index < -0.39 is 28.4 Å². The maximum atomic E-state index is 12.8. The van der Waals surface area contributed by atoms with E-state index in [0.717, 1.165) is 6.07 Å². The van der Waals surface area contributed by atoms with Gasteiger partial charge >= 0.3 is 0 Å². The molecule has 0 saturated carbocycles. The summed E-state index contributed by atoms with van der Waals surface area (Å²) in [5.74, 6) is -2.26. The molecule has 0 radical (unpaired) electrons. The number of nitrogens with zero attached hydrogens (tertiary/aromatic N) is 2. The lowest BCUT2D eigenvalue weighted by molar-refractivity contribution is -0.384. The van der Waals surface area contributed by atoms with Gasteiger partial charge in [0.2, 0.25) is 0 Å². The Morgan fingerprint density at radius 2 is 1.87 bits per heavy atom. The van der Waals surface area contributed by atoms with E-state index in [1.165, 1.54) is 23.1 Å². The molecule has 9 nitrogen and oxygen atoms in total. The van der Waals surface area contributed by atoms with Gasteiger partial charge in [0, 0.05) is 29.3 Å². The summed E-state index contributed by atoms with van der Waals surface area (Å²) in [6, 6.07) is 10.7. The van der Waals surface area contributed by atoms with Gasteiger partial charge in [-0.05, 0) is 17.7 Å². The van der Waals surface area contributed by atoms with Gasteiger partial charge in [0.05, 0.1) is 36.4 Å². The second-order valence-corrected chi connectivity index (χ2v) is 7.12. The van der Waals surface area contributed by atoms with Gasteiger partial charge in [-0.3, -0.25) is 19.7 Å². The van der Waals surface area contributed by atoms with Crippen molar-refractivity contribution in [2.75, 3.05) is 26.4 Å². The summed E-state index contributed by atoms with van der Waals surface area (Å²) in [5, 5.41) is 31.3. The number of ether oxygens (including phenoxy) is 1. The topological polar surface area (TPSA) is 130 Å². The Bertz CT molecular complexity index is 1040. The molecule has 3 rings (SSSR count). The van der Waals surface area contributed by atoms with Gasteiger partial charge in [-0.15, -0.1) is 0 Å². The number of hydrogen-bond donors (Lipinski definition) is 2. The van der Waals surface area contributed by atoms with Crippen LogP contribution in [0.25, 0.3) is 5.76 Å². The SMILES string of the molecule is O=C1C(=O)N(CCOCCO)[C@@H](c2ccc(Cl)cc2)/C1=C(\O)c1cccc([N+](=O)[O-])c1. The van der Waals surface area contributed by atoms with E-state index >= 15 is 0 Å². The number of Topliss-reactive ketones (excluding diaryl/α,β-unsaturated/α-hetero) is 1. The Balaban J connectivity index is 2.09. The largest absolute Gasteiger partial charge is 0.507 e. The number of aliphatic hydroxyl groups is 2. The first-order chi connectivity index (χ1) is 14.8. The van der Waals surface area contributed by atoms with Crippen molar-refractivity contribution < 1.29 is 29.5 Å². The molecule has 1 atom stereocenters. The van der Waals surface area contributed by atoms with Crippen LogP contribution in [0.2, 0.25) is 5.02 Å². The van der Waals surface area contributed by atoms with Crippen LogP contribution in [-0.2, 0) is 14.3 Å². The zero-order valence-electron chi connectivity index (χ0n) is 16.2. The second-order valence-electron chi connectivity index (χ2n) is 6.69. The Morgan fingerprint density at radius 3 is 2.52 bits per heavy atom. The van der Waals surface area contributed by atoms with E-state index in [0.29, 0.717) is 10.6 Å². The van der Waals surface area contributed by atoms with Crippen molar-refractivity contribution in [2.45, 2.75) is 6.04 Å². The zero-order chi connectivity index (χ0) is 22.5. The molecule has 162 valence electrons. The van der Waals surface area contributed by atoms with Crippen molar-refractivity contribution in [1.82, 2.24) is 4.90 Å². The van der Waals surface area contributed by atoms with Crippen LogP contribution in [0.1, 0.15) is 17.2 Å². The summed E-state index contributed by atoms with van der Waals surface area (Å²) >= 11 is 5.96. The van der Waals surface area contributed by atoms with E-state index in [1.54, 1.807) is 24.3 Å². The number of ketones is 1. The lowest BCUT2D eigenvalue weighted by Gasteiger charge is -2.25. The van der Waals surface area contributed by atoms with Gasteiger partial charge in [-0.25, -0.2) is 0 Å². The molecule has 1 saturated heterocycles. The number of rotatable bonds is 8. The lowest BCUT2D eigenvalue weighted by Crippen LogP contribution is -2.33. The maximum Gasteiger partial charge on any atom is 0.295 e. The summed E-state index contributed by atoms with van der Waals surface area (Å²) in [6.07, 6.45) is 0. The predicted molar refractivity (Wildman–Crippen MR) is 111 cm³/mol. The highest BCUT2D eigenvalue weighted by Gasteiger charge is 2.45. The first-order valence-electron chi connectivity index (χ1n) is 9.32. The van der Waals surface area contributed by atoms with Crippen molar-refractivity contribution in [3.8, 4) is 0 Å². The van der Waals surface area contributed by atoms with Crippen molar-refractivity contribution in [2.24, 2.45) is 0 Å². The molecule has 2 aromatic rings. The molecule has 2 N–H and O–H groups in total. The Hall–Kier alpha value is -3.27. The second kappa shape index (κ2) is 9.69. The molecule has 0 aromatic heterocycles. The first kappa shape index (κ1) is 22.4. The van der Waals surface area contributed by atoms with Gasteiger partial charge in [0.15, 0.2) is 0 Å². The molecule has 1 heterocycles. The number of nitro groups is 1. The maximum absolute atomic E-state index is 12.8. The Morgan fingerprint density at radius 1 is 1.16 bits per heavy atom. The van der Waals surface area contributed by atoms with E-state index in [-0.39, 0.29) is 43.2 Å². The standard InChI is InChI=1S/C21H19ClN2O7/c22-15-6-4-13(5-7-15)18-17(19(26)14-2-1-3-16(12-14)24(29)30)20(27)21(28)23(18)8-10-31-11-9-25/h1-7,12,18,25-26H,8-11H2/b19-17+/t18-/m0/s1. The number of non-ortho nitro benzene ring substituents is 1. The highest BCUT2D eigenvalue weighted by Crippen LogP contribution is 2.39. The minimum absolute atomic E-state index is 0.0313. The van der Waals surface area contributed by atoms with Crippen molar-refractivity contribution in [1.29, 1.82) is 0 Å². The molecule has 0 aliphatic carbocycles. The Labute approximate surface area is 182 Å². The zero-order valence-corrected chi connectivity index (χ0v) is 17.0. The van der Waals surface area contributed by atoms with E-state index in [1.807, 2.05) is 0 Å². The summed E-state index contributed by atoms with van der Waals surface area (Å²) < 4.78 is 5.22. The number of likely N-dealkylation sites (tertiary alicyclic amines) is 1. The Kier molecular flexibility index (Phi) is 7.01. The highest BCUT2D eigenvalue weighted by molar-refractivity contribution is 6.46. The van der Waals surface area contributed by atoms with Crippen LogP contribution in [0.4, 0.5) is 5.69 Å². The molecule has 0 bridgehead atoms. The monoisotopic (exact) mass is 446 g/mol. The average Bonchev–Trinajstić information content (AvgIpc) is 3.01. The van der Waals surface area contributed by atoms with Crippen molar-refractivity contribution in [3.05, 3.63) is 80.4 Å². The molecule has 0 unspecified atom stereocenters. The predicted octanol–water partition coefficient (Wildman–Crippen LogP) is 2.68. The third-order valence-corrected chi connectivity index (χ3v) is 5.02. The molecule has 31 heavy (non-hydrogen) atoms. The number of halogens is 1. The van der Waals surface area contributed by atoms with Gasteiger partial charge in [-0.2, -0.15) is 0 Å². The molecule has 2 aromatic carbocycles. The van der Waals surface area contributed by atoms with Crippen LogP contribution in [0.3, 0.4) is 0 Å². The summed E-state index contributed by atoms with van der Waals surface area (Å²) in [4.78, 5) is 37.3. The summed E-state index contributed by atoms with van der Waals surface area (Å²) in [5.41, 5.74) is 0.120. The van der Waals surface area contributed by atoms with Crippen LogP contribution in [0.15, 0.2) is 54.1 Å². The number of carbonyl (C=O) groups is 2. The highest BCUT2D eigenvalue weighted by atomic mass is 35.5. The molecular formula is C21H19ClN2O7. The van der Waals surface area contributed by atoms with Gasteiger partial charge < -0.3 is 19.8 Å². The normalized spacial score (nSPS) is 17.9. The molecule has 10 heteroatoms. The summed E-state index contributed by atoms with van der Waals surface area (Å²) in [7, 11) is 0. The third-order valence-electron chi connectivity index (χ3n) is 4.77. The number of amides is 1. The van der Waals surface area contributed by atoms with E-state index in [4.69, 9.17) is 21.4 Å². The quantitative estimate of drug-likeness (QED) is 0.159. The van der Waals surface area contributed by atoms with Gasteiger partial charge in [0.25, 0.3) is 17.4 Å². The van der Waals surface area contributed by atoms with Crippen LogP contribution >= 0.6 is 11.6 Å². The molecular weight excluding hydrogens is 428 g/mol. The number of aliphatic hydroxyl groups excluding tert-OH is 2. The van der Waals surface area contributed by atoms with Crippen LogP contribution in [0.5, 0.6) is 0 Å². The summed E-state index contributed by atoms with van der Waals surface area (Å²) in [6.45, 7) is -0.0203. The molecule has 1 fully saturated rings. The molecule has 1 aliphatic heterocycles. The third kappa shape index (κ3) is 4.74. The number of benzene rings is 2. The first-order valence-corrected chi connectivity index (χ1v) is 9.70. The van der Waals surface area contributed by atoms with E-state index in [9.17, 15) is 24.8 Å². The molecule has 0 spiro atoms. The molecule has 1 aliphatic rings. The fourth-order valence-electron chi connectivity index (χ4n) is 3.35. The van der Waals surface area contributed by atoms with Crippen LogP contribution in [0, 0.1) is 10.1 Å². The number of hydrogen-bond acceptors (Lipinski definition) is 7. The fraction of sp³-hybridized carbons (Fsp3) is 0.238. The minimum atomic E-state index is -0.936. The minimum Gasteiger partial charge on any atom is -0.507 e. The van der Waals surface area contributed by atoms with Crippen molar-refractivity contribution >= 4 is 34.7 Å². The lowest BCUT2D eigenvalue weighted by atomic mass is 9.95. The van der Waals surface area contributed by atoms with Gasteiger partial charge in [-0.1, -0.05) is 35.9 Å². The number of carbonyl (C=O) groups excluding carboxylic acids is 2. The van der Waals surface area contributed by atoms with E-state index in [2.05, 4.69) is 0 Å².